The van der Waals surface area contributed by atoms with Crippen LogP contribution in [0.25, 0.3) is 0 Å². The van der Waals surface area contributed by atoms with Crippen LogP contribution < -0.4 is 0 Å². The van der Waals surface area contributed by atoms with Gasteiger partial charge in [-0.1, -0.05) is 42.5 Å². The van der Waals surface area contributed by atoms with Crippen LogP contribution in [0.4, 0.5) is 0 Å². The second kappa shape index (κ2) is 9.87. The summed E-state index contributed by atoms with van der Waals surface area (Å²) in [5.41, 5.74) is -1.09. The molecule has 1 saturated heterocycles. The summed E-state index contributed by atoms with van der Waals surface area (Å²) in [6.07, 6.45) is -2.80. The number of ether oxygens (including phenoxy) is 4. The Bertz CT molecular complexity index is 899. The molecule has 2 aromatic rings. The molecule has 1 aliphatic rings. The van der Waals surface area contributed by atoms with Crippen LogP contribution in [0.2, 0.25) is 0 Å². The smallest absolute Gasteiger partial charge is 0.338 e. The summed E-state index contributed by atoms with van der Waals surface area (Å²) in [5.74, 6) is -1.33. The van der Waals surface area contributed by atoms with Crippen LogP contribution in [0.3, 0.4) is 0 Å². The van der Waals surface area contributed by atoms with Crippen molar-refractivity contribution >= 4 is 11.9 Å². The maximum Gasteiger partial charge on any atom is 0.338 e. The molecule has 164 valence electrons. The van der Waals surface area contributed by atoms with Gasteiger partial charge >= 0.3 is 11.9 Å². The summed E-state index contributed by atoms with van der Waals surface area (Å²) >= 11 is 0. The van der Waals surface area contributed by atoms with Crippen molar-refractivity contribution in [3.05, 3.63) is 84.4 Å². The Hall–Kier alpha value is -3.00. The second-order valence-corrected chi connectivity index (χ2v) is 7.29. The molecule has 1 heterocycles. The van der Waals surface area contributed by atoms with E-state index in [1.807, 2.05) is 0 Å². The summed E-state index contributed by atoms with van der Waals surface area (Å²) in [4.78, 5) is 25.6. The number of carbonyl (C=O) groups excluding carboxylic acids is 2. The molecular weight excluding hydrogens is 400 g/mol. The van der Waals surface area contributed by atoms with E-state index in [9.17, 15) is 14.7 Å². The molecule has 1 aliphatic heterocycles. The minimum Gasteiger partial charge on any atom is -0.451 e. The minimum atomic E-state index is -1.69. The van der Waals surface area contributed by atoms with Crippen molar-refractivity contribution in [3.63, 3.8) is 0 Å². The fourth-order valence-corrected chi connectivity index (χ4v) is 3.57. The third-order valence-corrected chi connectivity index (χ3v) is 5.30. The van der Waals surface area contributed by atoms with E-state index < -0.39 is 42.1 Å². The highest BCUT2D eigenvalue weighted by molar-refractivity contribution is 5.90. The quantitative estimate of drug-likeness (QED) is 0.537. The van der Waals surface area contributed by atoms with Gasteiger partial charge in [-0.15, -0.1) is 6.58 Å². The minimum absolute atomic E-state index is 0.0384. The van der Waals surface area contributed by atoms with E-state index in [1.165, 1.54) is 13.2 Å². The number of aliphatic hydroxyl groups is 1. The largest absolute Gasteiger partial charge is 0.451 e. The van der Waals surface area contributed by atoms with Crippen molar-refractivity contribution in [2.75, 3.05) is 7.11 Å². The summed E-state index contributed by atoms with van der Waals surface area (Å²) in [5, 5.41) is 11.4. The molecule has 0 aromatic heterocycles. The highest BCUT2D eigenvalue weighted by atomic mass is 16.7. The summed E-state index contributed by atoms with van der Waals surface area (Å²) in [7, 11) is 1.38. The van der Waals surface area contributed by atoms with Gasteiger partial charge in [0.25, 0.3) is 0 Å². The third kappa shape index (κ3) is 4.85. The molecule has 0 saturated carbocycles. The maximum absolute atomic E-state index is 12.8. The molecule has 0 amide bonds. The molecule has 31 heavy (non-hydrogen) atoms. The number of rotatable bonds is 7. The van der Waals surface area contributed by atoms with Crippen LogP contribution in [0.5, 0.6) is 0 Å². The van der Waals surface area contributed by atoms with Crippen molar-refractivity contribution in [1.29, 1.82) is 0 Å². The van der Waals surface area contributed by atoms with Crippen LogP contribution in [0.15, 0.2) is 73.3 Å². The highest BCUT2D eigenvalue weighted by Crippen LogP contribution is 2.37. The van der Waals surface area contributed by atoms with Gasteiger partial charge in [0.2, 0.25) is 0 Å². The Morgan fingerprint density at radius 3 is 2.03 bits per heavy atom. The number of benzene rings is 2. The van der Waals surface area contributed by atoms with Crippen molar-refractivity contribution < 1.29 is 33.6 Å². The van der Waals surface area contributed by atoms with E-state index >= 15 is 0 Å². The van der Waals surface area contributed by atoms with Gasteiger partial charge in [0, 0.05) is 13.5 Å². The number of carbonyl (C=O) groups is 2. The molecule has 1 N–H and O–H groups in total. The number of hydrogen-bond donors (Lipinski definition) is 1. The molecule has 1 fully saturated rings. The second-order valence-electron chi connectivity index (χ2n) is 7.29. The van der Waals surface area contributed by atoms with Crippen LogP contribution in [-0.2, 0) is 18.9 Å². The van der Waals surface area contributed by atoms with E-state index in [0.29, 0.717) is 11.1 Å². The fourth-order valence-electron chi connectivity index (χ4n) is 3.57. The zero-order chi connectivity index (χ0) is 22.4. The van der Waals surface area contributed by atoms with Gasteiger partial charge in [-0.25, -0.2) is 9.59 Å². The number of methoxy groups -OCH3 is 1. The SMILES string of the molecule is C=CCC1(O)C(C)OC(OC)C(OC(=O)c2ccccc2)C1OC(=O)c1ccccc1. The molecule has 3 rings (SSSR count). The van der Waals surface area contributed by atoms with E-state index in [4.69, 9.17) is 18.9 Å². The van der Waals surface area contributed by atoms with Gasteiger partial charge in [-0.05, 0) is 31.2 Å². The Morgan fingerprint density at radius 1 is 1.03 bits per heavy atom. The molecule has 0 bridgehead atoms. The lowest BCUT2D eigenvalue weighted by molar-refractivity contribution is -0.315. The Labute approximate surface area is 181 Å². The molecule has 0 radical (unpaired) electrons. The van der Waals surface area contributed by atoms with Crippen molar-refractivity contribution in [2.45, 2.75) is 43.5 Å². The van der Waals surface area contributed by atoms with Gasteiger partial charge in [-0.3, -0.25) is 0 Å². The first-order valence-electron chi connectivity index (χ1n) is 9.94. The summed E-state index contributed by atoms with van der Waals surface area (Å²) in [6.45, 7) is 5.32. The van der Waals surface area contributed by atoms with Gasteiger partial charge in [-0.2, -0.15) is 0 Å². The van der Waals surface area contributed by atoms with Gasteiger partial charge < -0.3 is 24.1 Å². The molecular formula is C24H26O7. The van der Waals surface area contributed by atoms with Gasteiger partial charge in [0.05, 0.1) is 17.2 Å². The maximum atomic E-state index is 12.8. The molecule has 7 heteroatoms. The van der Waals surface area contributed by atoms with E-state index in [1.54, 1.807) is 67.6 Å². The van der Waals surface area contributed by atoms with Crippen LogP contribution in [-0.4, -0.2) is 54.4 Å². The first-order valence-corrected chi connectivity index (χ1v) is 9.94. The first-order chi connectivity index (χ1) is 14.9. The van der Waals surface area contributed by atoms with E-state index in [0.717, 1.165) is 0 Å². The normalized spacial score (nSPS) is 27.8. The van der Waals surface area contributed by atoms with E-state index in [2.05, 4.69) is 6.58 Å². The van der Waals surface area contributed by atoms with E-state index in [-0.39, 0.29) is 6.42 Å². The zero-order valence-electron chi connectivity index (χ0n) is 17.5. The first kappa shape index (κ1) is 22.7. The van der Waals surface area contributed by atoms with Crippen molar-refractivity contribution in [3.8, 4) is 0 Å². The Kier molecular flexibility index (Phi) is 7.22. The number of hydrogen-bond acceptors (Lipinski definition) is 7. The molecule has 0 spiro atoms. The summed E-state index contributed by atoms with van der Waals surface area (Å²) in [6, 6.07) is 16.7. The van der Waals surface area contributed by atoms with Crippen molar-refractivity contribution in [2.24, 2.45) is 0 Å². The monoisotopic (exact) mass is 426 g/mol. The highest BCUT2D eigenvalue weighted by Gasteiger charge is 2.57. The van der Waals surface area contributed by atoms with Crippen LogP contribution in [0.1, 0.15) is 34.1 Å². The number of esters is 2. The third-order valence-electron chi connectivity index (χ3n) is 5.30. The predicted molar refractivity (Wildman–Crippen MR) is 112 cm³/mol. The topological polar surface area (TPSA) is 91.3 Å². The summed E-state index contributed by atoms with van der Waals surface area (Å²) < 4.78 is 22.5. The molecule has 7 nitrogen and oxygen atoms in total. The lowest BCUT2D eigenvalue weighted by atomic mass is 9.81. The lowest BCUT2D eigenvalue weighted by Gasteiger charge is -2.48. The Balaban J connectivity index is 1.96. The lowest BCUT2D eigenvalue weighted by Crippen LogP contribution is -2.67. The zero-order valence-corrected chi connectivity index (χ0v) is 17.5. The van der Waals surface area contributed by atoms with Crippen molar-refractivity contribution in [1.82, 2.24) is 0 Å². The van der Waals surface area contributed by atoms with Crippen LogP contribution in [0, 0.1) is 0 Å². The average Bonchev–Trinajstić information content (AvgIpc) is 2.79. The fraction of sp³-hybridized carbons (Fsp3) is 0.333. The molecule has 5 unspecified atom stereocenters. The van der Waals surface area contributed by atoms with Gasteiger partial charge in [0.1, 0.15) is 5.60 Å². The molecule has 0 aliphatic carbocycles. The average molecular weight is 426 g/mol. The standard InChI is InChI=1S/C24H26O7/c1-4-15-24(27)16(2)29-23(28-3)19(30-21(25)17-11-7-5-8-12-17)20(24)31-22(26)18-13-9-6-10-14-18/h4-14,16,19-20,23,27H,1,15H2,2-3H3. The molecule has 5 atom stereocenters. The van der Waals surface area contributed by atoms with Gasteiger partial charge in [0.15, 0.2) is 18.5 Å². The Morgan fingerprint density at radius 2 is 1.55 bits per heavy atom. The molecule has 2 aromatic carbocycles. The van der Waals surface area contributed by atoms with Crippen LogP contribution >= 0.6 is 0 Å². The predicted octanol–water partition coefficient (Wildman–Crippen LogP) is 3.14.